The molecule has 1 aliphatic heterocycles. The molecular weight excluding hydrogens is 428 g/mol. The van der Waals surface area contributed by atoms with Gasteiger partial charge in [-0.3, -0.25) is 4.79 Å². The number of hydrogen-bond donors (Lipinski definition) is 2. The highest BCUT2D eigenvalue weighted by Crippen LogP contribution is 2.32. The Bertz CT molecular complexity index is 617. The van der Waals surface area contributed by atoms with E-state index in [4.69, 9.17) is 17.3 Å². The van der Waals surface area contributed by atoms with Crippen molar-refractivity contribution >= 4 is 48.1 Å². The van der Waals surface area contributed by atoms with Gasteiger partial charge in [0.1, 0.15) is 5.82 Å². The van der Waals surface area contributed by atoms with Crippen molar-refractivity contribution in [2.24, 2.45) is 5.73 Å². The topological polar surface area (TPSA) is 71.2 Å². The number of halogens is 6. The van der Waals surface area contributed by atoms with Crippen LogP contribution in [0.15, 0.2) is 12.3 Å². The Morgan fingerprint density at radius 2 is 2.11 bits per heavy atom. The number of anilines is 1. The van der Waals surface area contributed by atoms with Crippen LogP contribution in [-0.4, -0.2) is 41.0 Å². The lowest BCUT2D eigenvalue weighted by molar-refractivity contribution is -0.138. The van der Waals surface area contributed by atoms with Gasteiger partial charge in [-0.05, 0) is 32.3 Å². The Kier molecular flexibility index (Phi) is 10.7. The van der Waals surface area contributed by atoms with Crippen LogP contribution in [0, 0.1) is 0 Å². The zero-order valence-corrected chi connectivity index (χ0v) is 17.1. The van der Waals surface area contributed by atoms with E-state index in [2.05, 4.69) is 10.3 Å². The van der Waals surface area contributed by atoms with Crippen molar-refractivity contribution in [2.75, 3.05) is 18.4 Å². The average molecular weight is 452 g/mol. The van der Waals surface area contributed by atoms with E-state index in [0.29, 0.717) is 12.7 Å². The van der Waals surface area contributed by atoms with Gasteiger partial charge in [-0.1, -0.05) is 11.6 Å². The predicted octanol–water partition coefficient (Wildman–Crippen LogP) is 4.13. The lowest BCUT2D eigenvalue weighted by atomic mass is 9.96. The van der Waals surface area contributed by atoms with Crippen molar-refractivity contribution in [3.05, 3.63) is 22.8 Å². The van der Waals surface area contributed by atoms with Crippen molar-refractivity contribution in [1.29, 1.82) is 0 Å². The van der Waals surface area contributed by atoms with E-state index in [1.54, 1.807) is 4.90 Å². The first-order valence-corrected chi connectivity index (χ1v) is 8.59. The minimum atomic E-state index is -4.49. The number of alkyl halides is 3. The highest BCUT2D eigenvalue weighted by molar-refractivity contribution is 6.32. The minimum Gasteiger partial charge on any atom is -0.368 e. The molecule has 1 saturated heterocycles. The van der Waals surface area contributed by atoms with Crippen molar-refractivity contribution < 1.29 is 18.0 Å². The summed E-state index contributed by atoms with van der Waals surface area (Å²) in [5.41, 5.74) is 5.05. The summed E-state index contributed by atoms with van der Waals surface area (Å²) in [6.45, 7) is 2.81. The number of amides is 1. The highest BCUT2D eigenvalue weighted by Gasteiger charge is 2.32. The van der Waals surface area contributed by atoms with Crippen molar-refractivity contribution in [2.45, 2.75) is 50.9 Å². The maximum Gasteiger partial charge on any atom is 0.417 e. The number of likely N-dealkylation sites (tertiary alicyclic amines) is 1. The zero-order chi connectivity index (χ0) is 18.6. The minimum absolute atomic E-state index is 0. The number of hydrogen-bond acceptors (Lipinski definition) is 4. The number of carbonyl (C=O) groups is 1. The fourth-order valence-electron chi connectivity index (χ4n) is 2.97. The Labute approximate surface area is 174 Å². The maximum absolute atomic E-state index is 12.6. The van der Waals surface area contributed by atoms with Crippen LogP contribution in [0.1, 0.15) is 38.2 Å². The first-order chi connectivity index (χ1) is 11.7. The Morgan fingerprint density at radius 1 is 1.44 bits per heavy atom. The molecule has 1 aliphatic rings. The third kappa shape index (κ3) is 7.18. The summed E-state index contributed by atoms with van der Waals surface area (Å²) in [5.74, 6) is 0.0994. The molecule has 3 N–H and O–H groups in total. The molecule has 2 atom stereocenters. The largest absolute Gasteiger partial charge is 0.417 e. The summed E-state index contributed by atoms with van der Waals surface area (Å²) in [6.07, 6.45) is -0.681. The molecule has 11 heteroatoms. The molecule has 27 heavy (non-hydrogen) atoms. The number of nitrogens with two attached hydrogens (primary N) is 1. The predicted molar refractivity (Wildman–Crippen MR) is 105 cm³/mol. The van der Waals surface area contributed by atoms with Gasteiger partial charge < -0.3 is 16.0 Å². The number of nitrogens with zero attached hydrogens (tertiary/aromatic N) is 2. The number of nitrogens with one attached hydrogen (secondary N) is 1. The van der Waals surface area contributed by atoms with Crippen molar-refractivity contribution in [3.8, 4) is 0 Å². The van der Waals surface area contributed by atoms with E-state index < -0.39 is 11.7 Å². The van der Waals surface area contributed by atoms with Gasteiger partial charge in [-0.2, -0.15) is 13.2 Å². The standard InChI is InChI=1S/C16H22ClF3N4O.2ClH/c1-10(21)13-4-2-3-7-24(13)14(25)5-6-22-15-12(17)8-11(9-23-15)16(18,19)20;;/h8-10,13H,2-7,21H2,1H3,(H,22,23);2*1H. The van der Waals surface area contributed by atoms with E-state index in [0.717, 1.165) is 25.3 Å². The number of carbonyl (C=O) groups excluding carboxylic acids is 1. The summed E-state index contributed by atoms with van der Waals surface area (Å²) in [6, 6.07) is 0.757. The quantitative estimate of drug-likeness (QED) is 0.706. The molecular formula is C16H24Cl3F3N4O. The van der Waals surface area contributed by atoms with Gasteiger partial charge in [-0.15, -0.1) is 24.8 Å². The molecule has 2 unspecified atom stereocenters. The molecule has 2 heterocycles. The first kappa shape index (κ1) is 26.0. The molecule has 0 aromatic carbocycles. The zero-order valence-electron chi connectivity index (χ0n) is 14.8. The molecule has 1 aromatic rings. The molecule has 1 fully saturated rings. The van der Waals surface area contributed by atoms with Crippen LogP contribution >= 0.6 is 36.4 Å². The molecule has 1 amide bonds. The summed E-state index contributed by atoms with van der Waals surface area (Å²) >= 11 is 5.83. The molecule has 0 saturated carbocycles. The molecule has 0 spiro atoms. The van der Waals surface area contributed by atoms with E-state index in [1.807, 2.05) is 6.92 Å². The van der Waals surface area contributed by atoms with Gasteiger partial charge in [0.05, 0.1) is 10.6 Å². The molecule has 0 aliphatic carbocycles. The normalized spacial score (nSPS) is 18.1. The summed E-state index contributed by atoms with van der Waals surface area (Å²) in [7, 11) is 0. The first-order valence-electron chi connectivity index (χ1n) is 8.22. The smallest absolute Gasteiger partial charge is 0.368 e. The lowest BCUT2D eigenvalue weighted by Gasteiger charge is -2.38. The van der Waals surface area contributed by atoms with Crippen LogP contribution in [0.25, 0.3) is 0 Å². The van der Waals surface area contributed by atoms with Crippen molar-refractivity contribution in [3.63, 3.8) is 0 Å². The second kappa shape index (κ2) is 11.1. The third-order valence-corrected chi connectivity index (χ3v) is 4.56. The van der Waals surface area contributed by atoms with Crippen LogP contribution in [0.2, 0.25) is 5.02 Å². The fourth-order valence-corrected chi connectivity index (χ4v) is 3.20. The number of aromatic nitrogens is 1. The Morgan fingerprint density at radius 3 is 2.67 bits per heavy atom. The molecule has 0 radical (unpaired) electrons. The number of rotatable bonds is 5. The van der Waals surface area contributed by atoms with Crippen LogP contribution in [0.5, 0.6) is 0 Å². The second-order valence-corrected chi connectivity index (χ2v) is 6.65. The van der Waals surface area contributed by atoms with E-state index in [9.17, 15) is 18.0 Å². The van der Waals surface area contributed by atoms with Gasteiger partial charge in [0, 0.05) is 37.8 Å². The molecule has 0 bridgehead atoms. The summed E-state index contributed by atoms with van der Waals surface area (Å²) in [4.78, 5) is 17.9. The van der Waals surface area contributed by atoms with E-state index in [-0.39, 0.29) is 66.6 Å². The molecule has 156 valence electrons. The lowest BCUT2D eigenvalue weighted by Crippen LogP contribution is -2.51. The van der Waals surface area contributed by atoms with E-state index in [1.165, 1.54) is 0 Å². The molecule has 5 nitrogen and oxygen atoms in total. The van der Waals surface area contributed by atoms with Gasteiger partial charge in [0.15, 0.2) is 0 Å². The Balaban J connectivity index is 0.00000338. The Hall–Kier alpha value is -0.960. The van der Waals surface area contributed by atoms with Gasteiger partial charge in [0.25, 0.3) is 0 Å². The van der Waals surface area contributed by atoms with Crippen molar-refractivity contribution in [1.82, 2.24) is 9.88 Å². The van der Waals surface area contributed by atoms with Crippen LogP contribution in [0.3, 0.4) is 0 Å². The second-order valence-electron chi connectivity index (χ2n) is 6.24. The monoisotopic (exact) mass is 450 g/mol. The van der Waals surface area contributed by atoms with E-state index >= 15 is 0 Å². The third-order valence-electron chi connectivity index (χ3n) is 4.28. The number of pyridine rings is 1. The number of piperidine rings is 1. The summed E-state index contributed by atoms with van der Waals surface area (Å²) in [5, 5.41) is 2.69. The highest BCUT2D eigenvalue weighted by atomic mass is 35.5. The maximum atomic E-state index is 12.6. The van der Waals surface area contributed by atoms with Crippen LogP contribution in [-0.2, 0) is 11.0 Å². The average Bonchev–Trinajstić information content (AvgIpc) is 2.55. The van der Waals surface area contributed by atoms with Crippen LogP contribution < -0.4 is 11.1 Å². The molecule has 2 rings (SSSR count). The van der Waals surface area contributed by atoms with Crippen LogP contribution in [0.4, 0.5) is 19.0 Å². The fraction of sp³-hybridized carbons (Fsp3) is 0.625. The van der Waals surface area contributed by atoms with Gasteiger partial charge in [-0.25, -0.2) is 4.98 Å². The summed E-state index contributed by atoms with van der Waals surface area (Å²) < 4.78 is 37.8. The SMILES string of the molecule is CC(N)C1CCCCN1C(=O)CCNc1ncc(C(F)(F)F)cc1Cl.Cl.Cl. The van der Waals surface area contributed by atoms with Gasteiger partial charge >= 0.3 is 6.18 Å². The molecule has 1 aromatic heterocycles. The van der Waals surface area contributed by atoms with Gasteiger partial charge in [0.2, 0.25) is 5.91 Å².